The van der Waals surface area contributed by atoms with Crippen molar-refractivity contribution in [1.29, 1.82) is 0 Å². The molecule has 0 bridgehead atoms. The predicted octanol–water partition coefficient (Wildman–Crippen LogP) is 9.32. The van der Waals surface area contributed by atoms with Gasteiger partial charge in [-0.05, 0) is 117 Å². The van der Waals surface area contributed by atoms with E-state index in [2.05, 4.69) is 53.8 Å². The van der Waals surface area contributed by atoms with Crippen molar-refractivity contribution in [2.45, 2.75) is 145 Å². The number of ether oxygens (including phenoxy) is 1. The van der Waals surface area contributed by atoms with E-state index in [1.54, 1.807) is 26.0 Å². The highest BCUT2D eigenvalue weighted by Crippen LogP contribution is 2.77. The monoisotopic (exact) mass is 755 g/mol. The number of aliphatic hydroxyl groups is 1. The number of carboxylic acid groups (broad SMARTS) is 1. The van der Waals surface area contributed by atoms with Gasteiger partial charge in [-0.3, -0.25) is 14.4 Å². The molecule has 9 heteroatoms. The summed E-state index contributed by atoms with van der Waals surface area (Å²) < 4.78 is 20.8. The van der Waals surface area contributed by atoms with E-state index in [-0.39, 0.29) is 69.9 Å². The van der Waals surface area contributed by atoms with Crippen LogP contribution in [0.2, 0.25) is 5.02 Å². The fourth-order valence-corrected chi connectivity index (χ4v) is 13.3. The van der Waals surface area contributed by atoms with Crippen LogP contribution in [0, 0.1) is 62.0 Å². The van der Waals surface area contributed by atoms with Crippen LogP contribution in [0.4, 0.5) is 4.39 Å². The van der Waals surface area contributed by atoms with E-state index in [9.17, 15) is 29.0 Å². The van der Waals surface area contributed by atoms with Crippen LogP contribution in [0.5, 0.6) is 0 Å². The van der Waals surface area contributed by atoms with Gasteiger partial charge in [0.05, 0.1) is 23.0 Å². The Morgan fingerprint density at radius 2 is 1.70 bits per heavy atom. The summed E-state index contributed by atoms with van der Waals surface area (Å²) in [6.07, 6.45) is 6.56. The molecule has 294 valence electrons. The first-order valence-electron chi connectivity index (χ1n) is 20.1. The smallest absolute Gasteiger partial charge is 0.309 e. The molecular weight excluding hydrogens is 693 g/mol. The van der Waals surface area contributed by atoms with E-state index in [0.717, 1.165) is 56.9 Å². The van der Waals surface area contributed by atoms with Crippen LogP contribution in [0.15, 0.2) is 29.3 Å². The maximum Gasteiger partial charge on any atom is 0.309 e. The van der Waals surface area contributed by atoms with Gasteiger partial charge in [0.15, 0.2) is 5.78 Å². The summed E-state index contributed by atoms with van der Waals surface area (Å²) in [4.78, 5) is 38.8. The van der Waals surface area contributed by atoms with Gasteiger partial charge in [-0.15, -0.1) is 0 Å². The number of fused-ring (bicyclic) bond motifs is 7. The van der Waals surface area contributed by atoms with E-state index in [1.807, 2.05) is 0 Å². The van der Waals surface area contributed by atoms with Gasteiger partial charge in [-0.25, -0.2) is 4.39 Å². The van der Waals surface area contributed by atoms with E-state index in [1.165, 1.54) is 11.6 Å². The highest BCUT2D eigenvalue weighted by Gasteiger charge is 2.70. The second-order valence-electron chi connectivity index (χ2n) is 19.9. The van der Waals surface area contributed by atoms with Gasteiger partial charge in [0, 0.05) is 35.9 Å². The predicted molar refractivity (Wildman–Crippen MR) is 204 cm³/mol. The third kappa shape index (κ3) is 6.24. The molecule has 4 fully saturated rings. The molecule has 0 amide bonds. The number of aliphatic hydroxyl groups excluding tert-OH is 1. The third-order valence-corrected chi connectivity index (χ3v) is 16.5. The minimum Gasteiger partial charge on any atom is -0.481 e. The highest BCUT2D eigenvalue weighted by molar-refractivity contribution is 6.30. The van der Waals surface area contributed by atoms with Gasteiger partial charge < -0.3 is 20.3 Å². The van der Waals surface area contributed by atoms with Crippen molar-refractivity contribution in [3.05, 3.63) is 45.7 Å². The zero-order chi connectivity index (χ0) is 39.1. The lowest BCUT2D eigenvalue weighted by Gasteiger charge is -2.72. The number of Topliss-reactive ketones (excluding diaryl/α,β-unsaturated/α-hetero) is 1. The molecule has 1 aromatic rings. The normalized spacial score (nSPS) is 37.0. The number of ketones is 1. The molecule has 0 unspecified atom stereocenters. The number of hydrogen-bond acceptors (Lipinski definition) is 6. The number of halogens is 2. The van der Waals surface area contributed by atoms with Crippen molar-refractivity contribution in [3.8, 4) is 0 Å². The lowest BCUT2D eigenvalue weighted by molar-refractivity contribution is -0.235. The van der Waals surface area contributed by atoms with Crippen molar-refractivity contribution in [2.24, 2.45) is 56.2 Å². The molecule has 7 nitrogen and oxygen atoms in total. The summed E-state index contributed by atoms with van der Waals surface area (Å²) in [5.41, 5.74) is 0.471. The number of allylic oxidation sites excluding steroid dienone is 1. The maximum absolute atomic E-state index is 14.7. The lowest BCUT2D eigenvalue weighted by atomic mass is 9.33. The van der Waals surface area contributed by atoms with E-state index in [0.29, 0.717) is 23.8 Å². The van der Waals surface area contributed by atoms with Gasteiger partial charge in [-0.2, -0.15) is 0 Å². The standard InChI is InChI=1S/C44H63ClFNO6/c1-25(2)35-29(48)21-44(32(49)24-47-23-26-11-10-12-28(45)37(26)46)20-19-42(8)27(36(35)44)13-14-31-41(7)17-16-33(53-34(50)22-39(3,4)38(51)52)40(5,6)30(41)15-18-43(31,42)9/h10-12,25,27,30-33,47,49H,13-24H2,1-9H3,(H,51,52)/t27-,30+,31-,32-,33+,41+,42-,43-,44+/m1/s1. The first-order valence-corrected chi connectivity index (χ1v) is 20.5. The van der Waals surface area contributed by atoms with Crippen LogP contribution in [0.1, 0.15) is 132 Å². The Hall–Kier alpha value is -2.29. The summed E-state index contributed by atoms with van der Waals surface area (Å²) in [6, 6.07) is 4.95. The van der Waals surface area contributed by atoms with Crippen LogP contribution in [-0.4, -0.2) is 46.7 Å². The zero-order valence-corrected chi connectivity index (χ0v) is 34.2. The van der Waals surface area contributed by atoms with Gasteiger partial charge in [0.2, 0.25) is 0 Å². The first-order chi connectivity index (χ1) is 24.6. The Labute approximate surface area is 321 Å². The highest BCUT2D eigenvalue weighted by atomic mass is 35.5. The second kappa shape index (κ2) is 13.7. The number of carbonyl (C=O) groups excluding carboxylic acids is 2. The molecule has 0 spiro atoms. The fraction of sp³-hybridized carbons (Fsp3) is 0.750. The summed E-state index contributed by atoms with van der Waals surface area (Å²) in [5.74, 6) is -0.695. The average Bonchev–Trinajstić information content (AvgIpc) is 3.37. The number of esters is 1. The molecule has 4 saturated carbocycles. The topological polar surface area (TPSA) is 113 Å². The average molecular weight is 756 g/mol. The van der Waals surface area contributed by atoms with Gasteiger partial charge >= 0.3 is 11.9 Å². The van der Waals surface area contributed by atoms with Crippen molar-refractivity contribution in [2.75, 3.05) is 6.54 Å². The van der Waals surface area contributed by atoms with Crippen molar-refractivity contribution < 1.29 is 33.7 Å². The van der Waals surface area contributed by atoms with E-state index < -0.39 is 34.7 Å². The Bertz CT molecular complexity index is 1690. The molecule has 0 aliphatic heterocycles. The zero-order valence-electron chi connectivity index (χ0n) is 33.5. The third-order valence-electron chi connectivity index (χ3n) is 16.2. The quantitative estimate of drug-likeness (QED) is 0.204. The van der Waals surface area contributed by atoms with Crippen LogP contribution in [0.3, 0.4) is 0 Å². The molecule has 0 aromatic heterocycles. The van der Waals surface area contributed by atoms with Crippen LogP contribution in [-0.2, 0) is 25.7 Å². The number of carboxylic acids is 1. The summed E-state index contributed by atoms with van der Waals surface area (Å²) in [6.45, 7) is 19.9. The van der Waals surface area contributed by atoms with Crippen molar-refractivity contribution in [1.82, 2.24) is 5.32 Å². The van der Waals surface area contributed by atoms with E-state index >= 15 is 0 Å². The number of aliphatic carboxylic acids is 1. The Morgan fingerprint density at radius 3 is 2.36 bits per heavy atom. The summed E-state index contributed by atoms with van der Waals surface area (Å²) in [5, 5.41) is 25.1. The molecular formula is C44H63ClFNO6. The van der Waals surface area contributed by atoms with Gasteiger partial charge in [0.25, 0.3) is 0 Å². The Kier molecular flexibility index (Phi) is 10.5. The number of nitrogens with one attached hydrogen (secondary N) is 1. The van der Waals surface area contributed by atoms with Gasteiger partial charge in [-0.1, -0.05) is 77.8 Å². The van der Waals surface area contributed by atoms with E-state index in [4.69, 9.17) is 16.3 Å². The molecule has 0 heterocycles. The molecule has 1 aromatic carbocycles. The Morgan fingerprint density at radius 1 is 1.00 bits per heavy atom. The largest absolute Gasteiger partial charge is 0.481 e. The number of carbonyl (C=O) groups is 3. The van der Waals surface area contributed by atoms with Crippen molar-refractivity contribution >= 4 is 29.3 Å². The molecule has 0 radical (unpaired) electrons. The molecule has 5 aliphatic rings. The number of benzene rings is 1. The number of hydrogen-bond donors (Lipinski definition) is 3. The van der Waals surface area contributed by atoms with Crippen LogP contribution < -0.4 is 5.32 Å². The minimum absolute atomic E-state index is 0.00641. The first kappa shape index (κ1) is 40.4. The van der Waals surface area contributed by atoms with Crippen molar-refractivity contribution in [3.63, 3.8) is 0 Å². The molecule has 0 saturated heterocycles. The summed E-state index contributed by atoms with van der Waals surface area (Å²) in [7, 11) is 0. The lowest BCUT2D eigenvalue weighted by Crippen LogP contribution is -2.66. The van der Waals surface area contributed by atoms with Crippen LogP contribution in [0.25, 0.3) is 0 Å². The number of rotatable bonds is 10. The second-order valence-corrected chi connectivity index (χ2v) is 20.3. The molecule has 3 N–H and O–H groups in total. The molecule has 9 atom stereocenters. The summed E-state index contributed by atoms with van der Waals surface area (Å²) >= 11 is 6.03. The maximum atomic E-state index is 14.7. The SMILES string of the molecule is CC(C)C1=C2[C@H]3CC[C@@H]4[C@@]5(C)CC[C@H](OC(=O)CC(C)(C)C(=O)O)C(C)(C)[C@@H]5CC[C@@]4(C)[C@]3(C)CC[C@@]2([C@H](O)CNCc2cccc(Cl)c2F)CC1=O. The fourth-order valence-electron chi connectivity index (χ4n) is 13.1. The van der Waals surface area contributed by atoms with Crippen LogP contribution >= 0.6 is 11.6 Å². The molecule has 53 heavy (non-hydrogen) atoms. The Balaban J connectivity index is 1.26. The molecule has 6 rings (SSSR count). The minimum atomic E-state index is -1.18. The molecule has 5 aliphatic carbocycles. The van der Waals surface area contributed by atoms with Gasteiger partial charge in [0.1, 0.15) is 11.9 Å².